The largest absolute Gasteiger partial charge is 2.00 e. The van der Waals surface area contributed by atoms with E-state index in [2.05, 4.69) is 0 Å². The summed E-state index contributed by atoms with van der Waals surface area (Å²) in [6.07, 6.45) is 0. The Balaban J connectivity index is -0.000000270. The Bertz CT molecular complexity index is 505. The van der Waals surface area contributed by atoms with Gasteiger partial charge in [-0.1, -0.05) is 0 Å². The van der Waals surface area contributed by atoms with Crippen LogP contribution in [0, 0.1) is 25.5 Å². The van der Waals surface area contributed by atoms with Gasteiger partial charge in [-0.15, -0.1) is 0 Å². The van der Waals surface area contributed by atoms with Crippen molar-refractivity contribution in [1.82, 2.24) is 0 Å². The Morgan fingerprint density at radius 2 is 1.00 bits per heavy atom. The molecular weight excluding hydrogens is 400 g/mol. The first-order valence-corrected chi connectivity index (χ1v) is 5.30. The second-order valence-corrected chi connectivity index (χ2v) is 3.86. The van der Waals surface area contributed by atoms with Crippen LogP contribution in [0.3, 0.4) is 0 Å². The topological polar surface area (TPSA) is 40.5 Å². The van der Waals surface area contributed by atoms with E-state index < -0.39 is 0 Å². The minimum atomic E-state index is -0.315. The van der Waals surface area contributed by atoms with Crippen molar-refractivity contribution in [2.45, 2.75) is 13.8 Å². The molecule has 0 unspecified atom stereocenters. The van der Waals surface area contributed by atoms with Crippen LogP contribution in [-0.2, 0) is 26.2 Å². The van der Waals surface area contributed by atoms with E-state index in [-0.39, 0.29) is 74.2 Å². The van der Waals surface area contributed by atoms with Crippen molar-refractivity contribution in [3.05, 3.63) is 59.2 Å². The minimum absolute atomic E-state index is 0. The van der Waals surface area contributed by atoms with Gasteiger partial charge in [-0.2, -0.15) is 0 Å². The quantitative estimate of drug-likeness (QED) is 0.509. The maximum atomic E-state index is 12.2. The van der Waals surface area contributed by atoms with E-state index in [0.29, 0.717) is 11.1 Å². The number of benzene rings is 2. The third-order valence-corrected chi connectivity index (χ3v) is 2.32. The second-order valence-electron chi connectivity index (χ2n) is 3.86. The summed E-state index contributed by atoms with van der Waals surface area (Å²) in [6, 6.07) is 7.70. The van der Waals surface area contributed by atoms with Gasteiger partial charge >= 0.3 is 26.2 Å². The smallest absolute Gasteiger partial charge is 1.00 e. The van der Waals surface area contributed by atoms with Gasteiger partial charge in [-0.05, 0) is 61.4 Å². The van der Waals surface area contributed by atoms with Gasteiger partial charge in [0.25, 0.3) is 0 Å². The molecule has 7 heteroatoms. The summed E-state index contributed by atoms with van der Waals surface area (Å²) < 4.78 is 24.5. The number of hydrogen-bond acceptors (Lipinski definition) is 2. The Morgan fingerprint density at radius 3 is 1.19 bits per heavy atom. The van der Waals surface area contributed by atoms with Crippen LogP contribution in [0.4, 0.5) is 8.78 Å². The molecule has 0 aliphatic heterocycles. The zero-order valence-corrected chi connectivity index (χ0v) is 15.3. The molecule has 0 spiro atoms. The summed E-state index contributed by atoms with van der Waals surface area (Å²) in [4.78, 5) is 0. The summed E-state index contributed by atoms with van der Waals surface area (Å²) in [5, 5.41) is 17.8. The fourth-order valence-corrected chi connectivity index (χ4v) is 1.24. The predicted octanol–water partition coefficient (Wildman–Crippen LogP) is -2.32. The molecule has 2 rings (SSSR count). The molecule has 0 amide bonds. The van der Waals surface area contributed by atoms with E-state index in [4.69, 9.17) is 10.2 Å². The van der Waals surface area contributed by atoms with E-state index in [1.165, 1.54) is 36.4 Å². The molecule has 2 nitrogen and oxygen atoms in total. The van der Waals surface area contributed by atoms with E-state index in [1.54, 1.807) is 13.8 Å². The number of rotatable bonds is 0. The van der Waals surface area contributed by atoms with Crippen molar-refractivity contribution in [2.24, 2.45) is 0 Å². The van der Waals surface area contributed by atoms with Gasteiger partial charge in [0.2, 0.25) is 0 Å². The summed E-state index contributed by atoms with van der Waals surface area (Å²) >= 11 is 0. The third-order valence-electron chi connectivity index (χ3n) is 2.32. The van der Waals surface area contributed by atoms with Gasteiger partial charge in [0, 0.05) is 0 Å². The van der Waals surface area contributed by atoms with Crippen LogP contribution >= 0.6 is 0 Å². The number of phenols is 2. The number of aryl methyl sites for hydroxylation is 2. The monoisotopic (exact) mass is 412 g/mol. The predicted molar refractivity (Wildman–Crippen MR) is 65.6 cm³/mol. The second kappa shape index (κ2) is 12.0. The standard InChI is InChI=1S/2C7H7FO.2ClH.Zr/c2*1-5-4-6(8)2-3-7(5)9;;;/h2*2-4,9H,1H3;2*1H;/q;;;;+2/p-2. The van der Waals surface area contributed by atoms with Crippen molar-refractivity contribution < 1.29 is 70.0 Å². The molecule has 114 valence electrons. The molecule has 0 fully saturated rings. The average Bonchev–Trinajstić information content (AvgIpc) is 2.30. The maximum absolute atomic E-state index is 12.2. The van der Waals surface area contributed by atoms with Crippen LogP contribution in [0.25, 0.3) is 0 Å². The molecular formula is C14H14Cl2F2O2Zr. The summed E-state index contributed by atoms with van der Waals surface area (Å²) in [7, 11) is 0. The molecule has 0 bridgehead atoms. The Morgan fingerprint density at radius 1 is 0.714 bits per heavy atom. The zero-order valence-electron chi connectivity index (χ0n) is 11.4. The van der Waals surface area contributed by atoms with Crippen molar-refractivity contribution in [1.29, 1.82) is 0 Å². The summed E-state index contributed by atoms with van der Waals surface area (Å²) in [6.45, 7) is 3.30. The van der Waals surface area contributed by atoms with E-state index in [9.17, 15) is 8.78 Å². The van der Waals surface area contributed by atoms with Gasteiger partial charge in [-0.25, -0.2) is 8.78 Å². The van der Waals surface area contributed by atoms with E-state index in [0.717, 1.165) is 0 Å². The number of aromatic hydroxyl groups is 2. The first-order chi connectivity index (χ1) is 8.40. The fourth-order valence-electron chi connectivity index (χ4n) is 1.24. The van der Waals surface area contributed by atoms with Crippen LogP contribution in [0.15, 0.2) is 36.4 Å². The Kier molecular flexibility index (Phi) is 14.4. The van der Waals surface area contributed by atoms with Gasteiger partial charge in [-0.3, -0.25) is 0 Å². The van der Waals surface area contributed by atoms with Crippen LogP contribution < -0.4 is 24.8 Å². The molecule has 2 N–H and O–H groups in total. The molecule has 2 aromatic carbocycles. The molecule has 0 aliphatic rings. The number of halogens is 4. The molecule has 0 radical (unpaired) electrons. The van der Waals surface area contributed by atoms with Crippen molar-refractivity contribution in [2.75, 3.05) is 0 Å². The van der Waals surface area contributed by atoms with Crippen LogP contribution in [-0.4, -0.2) is 10.2 Å². The van der Waals surface area contributed by atoms with Gasteiger partial charge in [0.15, 0.2) is 0 Å². The molecule has 0 heterocycles. The third kappa shape index (κ3) is 9.07. The maximum Gasteiger partial charge on any atom is 2.00 e. The molecule has 0 aromatic heterocycles. The molecule has 0 atom stereocenters. The average molecular weight is 414 g/mol. The van der Waals surface area contributed by atoms with Gasteiger partial charge in [0.1, 0.15) is 23.1 Å². The minimum Gasteiger partial charge on any atom is -1.00 e. The Labute approximate surface area is 154 Å². The van der Waals surface area contributed by atoms with Crippen molar-refractivity contribution in [3.8, 4) is 11.5 Å². The molecule has 0 saturated heterocycles. The number of phenolic OH excluding ortho intramolecular Hbond substituents is 2. The SMILES string of the molecule is Cc1cc(F)ccc1O.Cc1cc(F)ccc1O.[Cl-].[Cl-].[Zr+2]. The van der Waals surface area contributed by atoms with Crippen molar-refractivity contribution >= 4 is 0 Å². The molecule has 21 heavy (non-hydrogen) atoms. The van der Waals surface area contributed by atoms with Crippen LogP contribution in [0.2, 0.25) is 0 Å². The molecule has 2 aromatic rings. The van der Waals surface area contributed by atoms with Crippen molar-refractivity contribution in [3.63, 3.8) is 0 Å². The van der Waals surface area contributed by atoms with Crippen LogP contribution in [0.1, 0.15) is 11.1 Å². The Hall–Kier alpha value is -0.637. The summed E-state index contributed by atoms with van der Waals surface area (Å²) in [5.74, 6) is -0.358. The first kappa shape index (κ1) is 25.3. The molecule has 0 saturated carbocycles. The zero-order chi connectivity index (χ0) is 13.7. The van der Waals surface area contributed by atoms with E-state index in [1.807, 2.05) is 0 Å². The molecule has 0 aliphatic carbocycles. The van der Waals surface area contributed by atoms with Gasteiger partial charge in [0.05, 0.1) is 0 Å². The summed E-state index contributed by atoms with van der Waals surface area (Å²) in [5.41, 5.74) is 1.13. The first-order valence-electron chi connectivity index (χ1n) is 5.30. The van der Waals surface area contributed by atoms with Crippen LogP contribution in [0.5, 0.6) is 11.5 Å². The van der Waals surface area contributed by atoms with E-state index >= 15 is 0 Å². The van der Waals surface area contributed by atoms with Gasteiger partial charge < -0.3 is 35.0 Å². The fraction of sp³-hybridized carbons (Fsp3) is 0.143. The normalized spacial score (nSPS) is 8.19. The number of hydrogen-bond donors (Lipinski definition) is 2.